The van der Waals surface area contributed by atoms with Crippen molar-refractivity contribution >= 4 is 53.4 Å². The Morgan fingerprint density at radius 3 is 2.48 bits per heavy atom. The van der Waals surface area contributed by atoms with Gasteiger partial charge in [-0.15, -0.1) is 0 Å². The maximum atomic E-state index is 12.1. The standard InChI is InChI=1S/C13H10Br2N2O3S/c14-9-6-11(15)13(16-7-9)17-12(18)8-21(19,20)10-4-2-1-3-5-10/h1-7H,8H2,(H,16,17,18). The minimum Gasteiger partial charge on any atom is -0.309 e. The average Bonchev–Trinajstić information content (AvgIpc) is 2.42. The van der Waals surface area contributed by atoms with Gasteiger partial charge in [-0.2, -0.15) is 0 Å². The van der Waals surface area contributed by atoms with Crippen LogP contribution in [-0.4, -0.2) is 25.1 Å². The summed E-state index contributed by atoms with van der Waals surface area (Å²) in [7, 11) is -3.67. The second-order valence-corrected chi connectivity index (χ2v) is 7.86. The van der Waals surface area contributed by atoms with Crippen LogP contribution in [0.5, 0.6) is 0 Å². The number of amides is 1. The van der Waals surface area contributed by atoms with Crippen LogP contribution in [0.15, 0.2) is 56.4 Å². The summed E-state index contributed by atoms with van der Waals surface area (Å²) < 4.78 is 25.4. The SMILES string of the molecule is O=C(CS(=O)(=O)c1ccccc1)Nc1ncc(Br)cc1Br. The lowest BCUT2D eigenvalue weighted by Crippen LogP contribution is -2.23. The van der Waals surface area contributed by atoms with Gasteiger partial charge in [0.2, 0.25) is 5.91 Å². The number of halogens is 2. The van der Waals surface area contributed by atoms with E-state index in [1.807, 2.05) is 0 Å². The minimum atomic E-state index is -3.67. The van der Waals surface area contributed by atoms with E-state index in [-0.39, 0.29) is 10.7 Å². The molecule has 1 heterocycles. The fourth-order valence-corrected chi connectivity index (χ4v) is 3.80. The van der Waals surface area contributed by atoms with Crippen LogP contribution >= 0.6 is 31.9 Å². The number of carbonyl (C=O) groups excluding carboxylic acids is 1. The van der Waals surface area contributed by atoms with E-state index in [4.69, 9.17) is 0 Å². The largest absolute Gasteiger partial charge is 0.309 e. The van der Waals surface area contributed by atoms with Crippen LogP contribution in [-0.2, 0) is 14.6 Å². The first-order valence-corrected chi connectivity index (χ1v) is 9.01. The van der Waals surface area contributed by atoms with Crippen LogP contribution in [0.1, 0.15) is 0 Å². The Balaban J connectivity index is 2.12. The van der Waals surface area contributed by atoms with Gasteiger partial charge in [-0.3, -0.25) is 4.79 Å². The number of pyridine rings is 1. The van der Waals surface area contributed by atoms with E-state index in [0.717, 1.165) is 4.47 Å². The Hall–Kier alpha value is -1.25. The second kappa shape index (κ2) is 6.67. The molecule has 2 rings (SSSR count). The number of aromatic nitrogens is 1. The van der Waals surface area contributed by atoms with E-state index < -0.39 is 21.5 Å². The highest BCUT2D eigenvalue weighted by Gasteiger charge is 2.19. The van der Waals surface area contributed by atoms with E-state index in [9.17, 15) is 13.2 Å². The monoisotopic (exact) mass is 432 g/mol. The lowest BCUT2D eigenvalue weighted by Gasteiger charge is -2.07. The molecule has 0 saturated carbocycles. The average molecular weight is 434 g/mol. The highest BCUT2D eigenvalue weighted by molar-refractivity contribution is 9.11. The van der Waals surface area contributed by atoms with Crippen molar-refractivity contribution in [2.45, 2.75) is 4.90 Å². The number of nitrogens with zero attached hydrogens (tertiary/aromatic N) is 1. The van der Waals surface area contributed by atoms with Crippen molar-refractivity contribution < 1.29 is 13.2 Å². The lowest BCUT2D eigenvalue weighted by atomic mass is 10.4. The molecule has 0 radical (unpaired) electrons. The third-order valence-corrected chi connectivity index (χ3v) is 5.16. The van der Waals surface area contributed by atoms with Crippen molar-refractivity contribution in [2.75, 3.05) is 11.1 Å². The number of benzene rings is 1. The van der Waals surface area contributed by atoms with Crippen molar-refractivity contribution in [1.29, 1.82) is 0 Å². The van der Waals surface area contributed by atoms with Gasteiger partial charge in [-0.05, 0) is 50.1 Å². The van der Waals surface area contributed by atoms with E-state index >= 15 is 0 Å². The summed E-state index contributed by atoms with van der Waals surface area (Å²) in [5, 5.41) is 2.47. The van der Waals surface area contributed by atoms with Crippen LogP contribution in [0.3, 0.4) is 0 Å². The quantitative estimate of drug-likeness (QED) is 0.803. The molecule has 1 aromatic heterocycles. The molecule has 1 aromatic carbocycles. The molecule has 0 bridgehead atoms. The Labute approximate surface area is 139 Å². The zero-order valence-electron chi connectivity index (χ0n) is 10.6. The Morgan fingerprint density at radius 2 is 1.86 bits per heavy atom. The molecule has 0 saturated heterocycles. The number of rotatable bonds is 4. The van der Waals surface area contributed by atoms with Gasteiger partial charge in [0.25, 0.3) is 0 Å². The van der Waals surface area contributed by atoms with Gasteiger partial charge in [-0.1, -0.05) is 18.2 Å². The first-order chi connectivity index (χ1) is 9.88. The second-order valence-electron chi connectivity index (χ2n) is 4.10. The normalized spacial score (nSPS) is 11.1. The topological polar surface area (TPSA) is 76.1 Å². The molecule has 0 fully saturated rings. The summed E-state index contributed by atoms with van der Waals surface area (Å²) in [4.78, 5) is 16.0. The maximum absolute atomic E-state index is 12.1. The summed E-state index contributed by atoms with van der Waals surface area (Å²) in [6.07, 6.45) is 1.51. The molecule has 1 amide bonds. The van der Waals surface area contributed by atoms with E-state index in [0.29, 0.717) is 4.47 Å². The zero-order valence-corrected chi connectivity index (χ0v) is 14.6. The third kappa shape index (κ3) is 4.36. The van der Waals surface area contributed by atoms with Crippen molar-refractivity contribution in [3.05, 3.63) is 51.5 Å². The van der Waals surface area contributed by atoms with E-state index in [1.54, 1.807) is 24.3 Å². The van der Waals surface area contributed by atoms with Gasteiger partial charge in [-0.25, -0.2) is 13.4 Å². The van der Waals surface area contributed by atoms with Crippen LogP contribution in [0.2, 0.25) is 0 Å². The molecule has 1 N–H and O–H groups in total. The van der Waals surface area contributed by atoms with Crippen LogP contribution in [0, 0.1) is 0 Å². The van der Waals surface area contributed by atoms with Gasteiger partial charge in [0.15, 0.2) is 9.84 Å². The molecule has 0 spiro atoms. The number of anilines is 1. The van der Waals surface area contributed by atoms with E-state index in [2.05, 4.69) is 42.2 Å². The molecular formula is C13H10Br2N2O3S. The van der Waals surface area contributed by atoms with Crippen molar-refractivity contribution in [1.82, 2.24) is 4.98 Å². The molecule has 0 unspecified atom stereocenters. The van der Waals surface area contributed by atoms with Crippen LogP contribution in [0.4, 0.5) is 5.82 Å². The maximum Gasteiger partial charge on any atom is 0.241 e. The molecule has 5 nitrogen and oxygen atoms in total. The molecule has 8 heteroatoms. The first-order valence-electron chi connectivity index (χ1n) is 5.77. The highest BCUT2D eigenvalue weighted by atomic mass is 79.9. The fourth-order valence-electron chi connectivity index (χ4n) is 1.56. The predicted octanol–water partition coefficient (Wildman–Crippen LogP) is 3.02. The third-order valence-electron chi connectivity index (χ3n) is 2.49. The van der Waals surface area contributed by atoms with Gasteiger partial charge >= 0.3 is 0 Å². The predicted molar refractivity (Wildman–Crippen MR) is 86.8 cm³/mol. The molecule has 0 aliphatic rings. The molecule has 0 aliphatic carbocycles. The zero-order chi connectivity index (χ0) is 15.5. The van der Waals surface area contributed by atoms with Gasteiger partial charge in [0.1, 0.15) is 11.6 Å². The van der Waals surface area contributed by atoms with Gasteiger partial charge < -0.3 is 5.32 Å². The number of hydrogen-bond acceptors (Lipinski definition) is 4. The summed E-state index contributed by atoms with van der Waals surface area (Å²) >= 11 is 6.48. The molecule has 0 atom stereocenters. The lowest BCUT2D eigenvalue weighted by molar-refractivity contribution is -0.113. The number of sulfone groups is 1. The van der Waals surface area contributed by atoms with E-state index in [1.165, 1.54) is 18.3 Å². The smallest absolute Gasteiger partial charge is 0.241 e. The molecule has 110 valence electrons. The fraction of sp³-hybridized carbons (Fsp3) is 0.0769. The Kier molecular flexibility index (Phi) is 5.13. The number of nitrogens with one attached hydrogen (secondary N) is 1. The molecule has 2 aromatic rings. The first kappa shape index (κ1) is 16.1. The Morgan fingerprint density at radius 1 is 1.19 bits per heavy atom. The van der Waals surface area contributed by atoms with Gasteiger partial charge in [0.05, 0.1) is 9.37 Å². The van der Waals surface area contributed by atoms with Crippen molar-refractivity contribution in [3.63, 3.8) is 0 Å². The molecule has 21 heavy (non-hydrogen) atoms. The molecular weight excluding hydrogens is 424 g/mol. The van der Waals surface area contributed by atoms with Crippen molar-refractivity contribution in [3.8, 4) is 0 Å². The number of hydrogen-bond donors (Lipinski definition) is 1. The Bertz CT molecular complexity index is 764. The summed E-state index contributed by atoms with van der Waals surface area (Å²) in [6, 6.07) is 9.54. The van der Waals surface area contributed by atoms with Crippen LogP contribution < -0.4 is 5.32 Å². The van der Waals surface area contributed by atoms with Gasteiger partial charge in [0, 0.05) is 10.7 Å². The summed E-state index contributed by atoms with van der Waals surface area (Å²) in [5.41, 5.74) is 0. The van der Waals surface area contributed by atoms with Crippen LogP contribution in [0.25, 0.3) is 0 Å². The highest BCUT2D eigenvalue weighted by Crippen LogP contribution is 2.23. The number of carbonyl (C=O) groups is 1. The summed E-state index contributed by atoms with van der Waals surface area (Å²) in [6.45, 7) is 0. The van der Waals surface area contributed by atoms with Crippen molar-refractivity contribution in [2.24, 2.45) is 0 Å². The summed E-state index contributed by atoms with van der Waals surface area (Å²) in [5.74, 6) is -1.01. The molecule has 0 aliphatic heterocycles. The minimum absolute atomic E-state index is 0.114.